The number of nitrogens with zero attached hydrogens (tertiary/aromatic N) is 2. The molecule has 0 unspecified atom stereocenters. The van der Waals surface area contributed by atoms with E-state index in [4.69, 9.17) is 16.3 Å². The van der Waals surface area contributed by atoms with Gasteiger partial charge in [0.05, 0.1) is 29.8 Å². The molecule has 0 N–H and O–H groups in total. The van der Waals surface area contributed by atoms with Crippen LogP contribution in [-0.4, -0.2) is 27.9 Å². The molecule has 2 heterocycles. The van der Waals surface area contributed by atoms with Gasteiger partial charge in [0.2, 0.25) is 0 Å². The topological polar surface area (TPSA) is 43.6 Å². The Balaban J connectivity index is 1.99. The van der Waals surface area contributed by atoms with E-state index >= 15 is 0 Å². The van der Waals surface area contributed by atoms with Crippen molar-refractivity contribution in [1.82, 2.24) is 9.61 Å². The first-order chi connectivity index (χ1) is 8.72. The van der Waals surface area contributed by atoms with Crippen molar-refractivity contribution in [2.24, 2.45) is 0 Å². The number of thioether (sulfide) groups is 1. The van der Waals surface area contributed by atoms with Gasteiger partial charge in [0, 0.05) is 16.8 Å². The Hall–Kier alpha value is -1.20. The minimum atomic E-state index is -0.174. The molecule has 0 saturated carbocycles. The van der Waals surface area contributed by atoms with Crippen LogP contribution in [0.1, 0.15) is 13.3 Å². The molecule has 0 aliphatic carbocycles. The number of carbonyl (C=O) groups is 1. The summed E-state index contributed by atoms with van der Waals surface area (Å²) in [6, 6.07) is 3.76. The van der Waals surface area contributed by atoms with E-state index in [2.05, 4.69) is 5.10 Å². The van der Waals surface area contributed by atoms with Gasteiger partial charge in [0.1, 0.15) is 0 Å². The van der Waals surface area contributed by atoms with E-state index in [1.54, 1.807) is 29.4 Å². The van der Waals surface area contributed by atoms with Crippen molar-refractivity contribution in [3.63, 3.8) is 0 Å². The van der Waals surface area contributed by atoms with Crippen molar-refractivity contribution in [2.75, 3.05) is 12.4 Å². The second-order valence-corrected chi connectivity index (χ2v) is 5.07. The molecular formula is C12H13ClN2O2S. The lowest BCUT2D eigenvalue weighted by atomic mass is 10.4. The minimum absolute atomic E-state index is 0.174. The number of pyridine rings is 1. The second-order valence-electron chi connectivity index (χ2n) is 3.56. The average molecular weight is 285 g/mol. The van der Waals surface area contributed by atoms with Crippen molar-refractivity contribution >= 4 is 34.8 Å². The van der Waals surface area contributed by atoms with Crippen LogP contribution >= 0.6 is 23.4 Å². The van der Waals surface area contributed by atoms with E-state index < -0.39 is 0 Å². The van der Waals surface area contributed by atoms with Crippen LogP contribution in [0.15, 0.2) is 29.4 Å². The summed E-state index contributed by atoms with van der Waals surface area (Å²) in [7, 11) is 0. The van der Waals surface area contributed by atoms with E-state index in [9.17, 15) is 4.79 Å². The molecule has 0 aromatic carbocycles. The molecule has 0 fully saturated rings. The molecule has 2 aromatic heterocycles. The molecule has 18 heavy (non-hydrogen) atoms. The standard InChI is InChI=1S/C12H13ClN2O2S/c1-2-17-11(16)5-8-18-10-4-7-15-9(12(10)13)3-6-14-15/h3-4,6-7H,2,5,8H2,1H3. The number of esters is 1. The van der Waals surface area contributed by atoms with E-state index in [0.717, 1.165) is 10.4 Å². The van der Waals surface area contributed by atoms with Crippen LogP contribution in [-0.2, 0) is 9.53 Å². The number of carbonyl (C=O) groups excluding carboxylic acids is 1. The molecular weight excluding hydrogens is 272 g/mol. The van der Waals surface area contributed by atoms with Gasteiger partial charge in [-0.2, -0.15) is 5.10 Å². The average Bonchev–Trinajstić information content (AvgIpc) is 2.81. The van der Waals surface area contributed by atoms with E-state index in [-0.39, 0.29) is 5.97 Å². The summed E-state index contributed by atoms with van der Waals surface area (Å²) in [6.45, 7) is 2.22. The predicted octanol–water partition coefficient (Wildman–Crippen LogP) is 3.03. The SMILES string of the molecule is CCOC(=O)CCSc1ccn2nccc2c1Cl. The number of hydrogen-bond acceptors (Lipinski definition) is 4. The highest BCUT2D eigenvalue weighted by Crippen LogP contribution is 2.30. The van der Waals surface area contributed by atoms with Gasteiger partial charge in [0.25, 0.3) is 0 Å². The van der Waals surface area contributed by atoms with Gasteiger partial charge in [-0.15, -0.1) is 11.8 Å². The van der Waals surface area contributed by atoms with Crippen molar-refractivity contribution in [3.8, 4) is 0 Å². The predicted molar refractivity (Wildman–Crippen MR) is 72.2 cm³/mol. The molecule has 0 bridgehead atoms. The summed E-state index contributed by atoms with van der Waals surface area (Å²) < 4.78 is 6.59. The Labute approximate surface area is 114 Å². The molecule has 96 valence electrons. The molecule has 2 aromatic rings. The van der Waals surface area contributed by atoms with Crippen LogP contribution in [0.5, 0.6) is 0 Å². The lowest BCUT2D eigenvalue weighted by Gasteiger charge is -2.05. The normalized spacial score (nSPS) is 10.8. The lowest BCUT2D eigenvalue weighted by Crippen LogP contribution is -2.04. The number of hydrogen-bond donors (Lipinski definition) is 0. The summed E-state index contributed by atoms with van der Waals surface area (Å²) in [5, 5.41) is 4.77. The van der Waals surface area contributed by atoms with Crippen molar-refractivity contribution in [2.45, 2.75) is 18.2 Å². The van der Waals surface area contributed by atoms with Crippen LogP contribution in [0.3, 0.4) is 0 Å². The molecule has 0 aliphatic rings. The molecule has 2 rings (SSSR count). The molecule has 0 aliphatic heterocycles. The van der Waals surface area contributed by atoms with Crippen LogP contribution in [0.2, 0.25) is 5.02 Å². The first-order valence-corrected chi connectivity index (χ1v) is 6.99. The molecule has 0 atom stereocenters. The van der Waals surface area contributed by atoms with E-state index in [1.165, 1.54) is 0 Å². The maximum Gasteiger partial charge on any atom is 0.306 e. The summed E-state index contributed by atoms with van der Waals surface area (Å²) in [5.41, 5.74) is 0.873. The van der Waals surface area contributed by atoms with E-state index in [0.29, 0.717) is 23.8 Å². The fraction of sp³-hybridized carbons (Fsp3) is 0.333. The van der Waals surface area contributed by atoms with Gasteiger partial charge in [-0.1, -0.05) is 11.6 Å². The second kappa shape index (κ2) is 6.11. The largest absolute Gasteiger partial charge is 0.466 e. The third-order valence-electron chi connectivity index (χ3n) is 2.35. The number of aromatic nitrogens is 2. The molecule has 0 radical (unpaired) electrons. The molecule has 0 spiro atoms. The third-order valence-corrected chi connectivity index (χ3v) is 3.92. The highest BCUT2D eigenvalue weighted by atomic mass is 35.5. The van der Waals surface area contributed by atoms with Gasteiger partial charge in [0.15, 0.2) is 0 Å². The maximum atomic E-state index is 11.2. The number of rotatable bonds is 5. The molecule has 0 saturated heterocycles. The van der Waals surface area contributed by atoms with Crippen molar-refractivity contribution in [1.29, 1.82) is 0 Å². The van der Waals surface area contributed by atoms with Gasteiger partial charge in [-0.05, 0) is 19.1 Å². The van der Waals surface area contributed by atoms with Crippen LogP contribution in [0, 0.1) is 0 Å². The quantitative estimate of drug-likeness (QED) is 0.625. The zero-order valence-electron chi connectivity index (χ0n) is 9.93. The summed E-state index contributed by atoms with van der Waals surface area (Å²) in [5.74, 6) is 0.481. The first-order valence-electron chi connectivity index (χ1n) is 5.62. The minimum Gasteiger partial charge on any atom is -0.466 e. The fourth-order valence-corrected chi connectivity index (χ4v) is 2.79. The zero-order chi connectivity index (χ0) is 13.0. The van der Waals surface area contributed by atoms with Crippen LogP contribution in [0.25, 0.3) is 5.52 Å². The monoisotopic (exact) mass is 284 g/mol. The molecule has 6 heteroatoms. The highest BCUT2D eigenvalue weighted by molar-refractivity contribution is 7.99. The lowest BCUT2D eigenvalue weighted by molar-refractivity contribution is -0.142. The number of ether oxygens (including phenoxy) is 1. The number of halogens is 1. The smallest absolute Gasteiger partial charge is 0.306 e. The Bertz CT molecular complexity index is 556. The Morgan fingerprint density at radius 2 is 2.39 bits per heavy atom. The maximum absolute atomic E-state index is 11.2. The van der Waals surface area contributed by atoms with Gasteiger partial charge < -0.3 is 4.74 Å². The Morgan fingerprint density at radius 1 is 1.56 bits per heavy atom. The zero-order valence-corrected chi connectivity index (χ0v) is 11.5. The third kappa shape index (κ3) is 2.97. The molecule has 0 amide bonds. The fourth-order valence-electron chi connectivity index (χ4n) is 1.53. The summed E-state index contributed by atoms with van der Waals surface area (Å²) in [4.78, 5) is 12.2. The van der Waals surface area contributed by atoms with Gasteiger partial charge >= 0.3 is 5.97 Å². The van der Waals surface area contributed by atoms with E-state index in [1.807, 2.05) is 18.3 Å². The van der Waals surface area contributed by atoms with Gasteiger partial charge in [-0.3, -0.25) is 4.79 Å². The summed E-state index contributed by atoms with van der Waals surface area (Å²) in [6.07, 6.45) is 3.95. The first kappa shape index (κ1) is 13.2. The summed E-state index contributed by atoms with van der Waals surface area (Å²) >= 11 is 7.81. The Morgan fingerprint density at radius 3 is 3.17 bits per heavy atom. The molecule has 4 nitrogen and oxygen atoms in total. The Kier molecular flexibility index (Phi) is 4.49. The van der Waals surface area contributed by atoms with Crippen molar-refractivity contribution < 1.29 is 9.53 Å². The van der Waals surface area contributed by atoms with Gasteiger partial charge in [-0.25, -0.2) is 4.52 Å². The number of fused-ring (bicyclic) bond motifs is 1. The highest BCUT2D eigenvalue weighted by Gasteiger charge is 2.08. The van der Waals surface area contributed by atoms with Crippen LogP contribution in [0.4, 0.5) is 0 Å². The van der Waals surface area contributed by atoms with Crippen molar-refractivity contribution in [3.05, 3.63) is 29.5 Å². The van der Waals surface area contributed by atoms with Crippen LogP contribution < -0.4 is 0 Å².